The molecule has 0 N–H and O–H groups in total. The molecule has 2 atom stereocenters. The summed E-state index contributed by atoms with van der Waals surface area (Å²) in [6.45, 7) is 6.57. The van der Waals surface area contributed by atoms with Gasteiger partial charge in [-0.05, 0) is 68.4 Å². The first-order valence-corrected chi connectivity index (χ1v) is 10.5. The van der Waals surface area contributed by atoms with E-state index in [4.69, 9.17) is 9.59 Å². The minimum absolute atomic E-state index is 0.0501. The highest BCUT2D eigenvalue weighted by atomic mass is 19.1. The van der Waals surface area contributed by atoms with Crippen LogP contribution >= 0.6 is 0 Å². The molecule has 2 heterocycles. The van der Waals surface area contributed by atoms with Crippen molar-refractivity contribution >= 4 is 25.2 Å². The van der Waals surface area contributed by atoms with E-state index in [1.807, 2.05) is 25.7 Å². The highest BCUT2D eigenvalue weighted by molar-refractivity contribution is 5.81. The molecule has 0 aromatic heterocycles. The standard InChI is InChI=1S/C22H27FN2O.2CH2O/c23-19-10-12-20(13-11-19)24-14-4-8-18(16-24)22(26)25-15-5-9-21(25)17-6-2-1-3-7-17;2*1-2/h1-2,6,10-13,18,21H,3-5,7-9,14-16H2;2*1H2. The number of rotatable bonds is 3. The summed E-state index contributed by atoms with van der Waals surface area (Å²) < 4.78 is 13.2. The number of carbonyl (C=O) groups is 3. The second kappa shape index (κ2) is 12.1. The largest absolute Gasteiger partial charge is 0.371 e. The average molecular weight is 415 g/mol. The van der Waals surface area contributed by atoms with Gasteiger partial charge >= 0.3 is 0 Å². The fraction of sp³-hybridized carbons (Fsp3) is 0.458. The summed E-state index contributed by atoms with van der Waals surface area (Å²) in [7, 11) is 0. The lowest BCUT2D eigenvalue weighted by atomic mass is 9.93. The maximum atomic E-state index is 13.3. The van der Waals surface area contributed by atoms with Crippen molar-refractivity contribution in [3.05, 3.63) is 53.9 Å². The summed E-state index contributed by atoms with van der Waals surface area (Å²) >= 11 is 0. The van der Waals surface area contributed by atoms with E-state index in [1.165, 1.54) is 17.7 Å². The van der Waals surface area contributed by atoms with Gasteiger partial charge in [-0.1, -0.05) is 18.2 Å². The predicted molar refractivity (Wildman–Crippen MR) is 117 cm³/mol. The van der Waals surface area contributed by atoms with E-state index in [1.54, 1.807) is 0 Å². The number of nitrogens with zero attached hydrogens (tertiary/aromatic N) is 2. The van der Waals surface area contributed by atoms with Crippen LogP contribution in [-0.2, 0) is 14.4 Å². The summed E-state index contributed by atoms with van der Waals surface area (Å²) in [6.07, 6.45) is 12.9. The Morgan fingerprint density at radius 2 is 1.70 bits per heavy atom. The third-order valence-electron chi connectivity index (χ3n) is 5.97. The summed E-state index contributed by atoms with van der Waals surface area (Å²) in [6, 6.07) is 6.94. The first-order chi connectivity index (χ1) is 14.7. The van der Waals surface area contributed by atoms with Crippen LogP contribution in [-0.4, -0.2) is 50.1 Å². The summed E-state index contributed by atoms with van der Waals surface area (Å²) in [4.78, 5) is 33.7. The van der Waals surface area contributed by atoms with Crippen molar-refractivity contribution in [2.24, 2.45) is 5.92 Å². The Balaban J connectivity index is 0.000000757. The highest BCUT2D eigenvalue weighted by Gasteiger charge is 2.36. The van der Waals surface area contributed by atoms with Gasteiger partial charge in [-0.15, -0.1) is 0 Å². The molecule has 2 aliphatic heterocycles. The van der Waals surface area contributed by atoms with Gasteiger partial charge < -0.3 is 19.4 Å². The third-order valence-corrected chi connectivity index (χ3v) is 5.97. The number of halogens is 1. The zero-order valence-corrected chi connectivity index (χ0v) is 17.5. The van der Waals surface area contributed by atoms with Gasteiger partial charge in [0, 0.05) is 25.3 Å². The molecule has 1 amide bonds. The first kappa shape index (κ1) is 23.5. The molecule has 3 aliphatic rings. The Morgan fingerprint density at radius 3 is 2.37 bits per heavy atom. The van der Waals surface area contributed by atoms with E-state index in [-0.39, 0.29) is 11.7 Å². The lowest BCUT2D eigenvalue weighted by Crippen LogP contribution is -2.47. The van der Waals surface area contributed by atoms with Crippen molar-refractivity contribution in [3.8, 4) is 0 Å². The molecule has 1 aromatic carbocycles. The van der Waals surface area contributed by atoms with Crippen molar-refractivity contribution < 1.29 is 18.8 Å². The molecule has 0 bridgehead atoms. The van der Waals surface area contributed by atoms with Gasteiger partial charge in [-0.2, -0.15) is 0 Å². The number of piperidine rings is 1. The van der Waals surface area contributed by atoms with Crippen LogP contribution in [0.15, 0.2) is 48.1 Å². The number of allylic oxidation sites excluding steroid dienone is 3. The van der Waals surface area contributed by atoms with Gasteiger partial charge in [0.1, 0.15) is 19.4 Å². The lowest BCUT2D eigenvalue weighted by Gasteiger charge is -2.37. The average Bonchev–Trinajstić information content (AvgIpc) is 3.32. The molecule has 4 rings (SSSR count). The number of hydrogen-bond donors (Lipinski definition) is 0. The molecule has 30 heavy (non-hydrogen) atoms. The minimum Gasteiger partial charge on any atom is -0.371 e. The SMILES string of the molecule is C=O.C=O.O=C(C1CCCN(c2ccc(F)cc2)C1)N1CCCC1C1=CC=CCC1. The smallest absolute Gasteiger partial charge is 0.227 e. The van der Waals surface area contributed by atoms with Gasteiger partial charge in [0.15, 0.2) is 0 Å². The van der Waals surface area contributed by atoms with E-state index >= 15 is 0 Å². The molecule has 0 saturated carbocycles. The maximum Gasteiger partial charge on any atom is 0.227 e. The highest BCUT2D eigenvalue weighted by Crippen LogP contribution is 2.32. The van der Waals surface area contributed by atoms with Gasteiger partial charge in [-0.25, -0.2) is 4.39 Å². The molecular formula is C24H31FN2O3. The number of benzene rings is 1. The Morgan fingerprint density at radius 1 is 1.00 bits per heavy atom. The normalized spacial score (nSPS) is 22.9. The number of amides is 1. The topological polar surface area (TPSA) is 57.7 Å². The van der Waals surface area contributed by atoms with E-state index in [9.17, 15) is 9.18 Å². The van der Waals surface area contributed by atoms with Crippen molar-refractivity contribution in [1.29, 1.82) is 0 Å². The number of carbonyl (C=O) groups excluding carboxylic acids is 3. The van der Waals surface area contributed by atoms with Gasteiger partial charge in [0.2, 0.25) is 5.91 Å². The Bertz CT molecular complexity index is 745. The maximum absolute atomic E-state index is 13.3. The molecule has 1 aromatic rings. The van der Waals surface area contributed by atoms with Crippen LogP contribution in [0.25, 0.3) is 0 Å². The summed E-state index contributed by atoms with van der Waals surface area (Å²) in [5.41, 5.74) is 2.44. The summed E-state index contributed by atoms with van der Waals surface area (Å²) in [5.74, 6) is 0.150. The molecular weight excluding hydrogens is 383 g/mol. The van der Waals surface area contributed by atoms with Crippen molar-refractivity contribution in [3.63, 3.8) is 0 Å². The monoisotopic (exact) mass is 414 g/mol. The van der Waals surface area contributed by atoms with Crippen LogP contribution in [0.3, 0.4) is 0 Å². The second-order valence-corrected chi connectivity index (χ2v) is 7.66. The Labute approximate surface area is 178 Å². The predicted octanol–water partition coefficient (Wildman–Crippen LogP) is 3.94. The molecule has 162 valence electrons. The van der Waals surface area contributed by atoms with E-state index in [0.29, 0.717) is 11.9 Å². The van der Waals surface area contributed by atoms with Crippen LogP contribution in [0, 0.1) is 11.7 Å². The molecule has 1 aliphatic carbocycles. The molecule has 6 heteroatoms. The second-order valence-electron chi connectivity index (χ2n) is 7.66. The Hall–Kier alpha value is -2.76. The molecule has 0 radical (unpaired) electrons. The van der Waals surface area contributed by atoms with Gasteiger partial charge in [0.25, 0.3) is 0 Å². The van der Waals surface area contributed by atoms with E-state index in [0.717, 1.165) is 63.8 Å². The third kappa shape index (κ3) is 5.65. The van der Waals surface area contributed by atoms with Gasteiger partial charge in [-0.3, -0.25) is 4.79 Å². The zero-order valence-electron chi connectivity index (χ0n) is 17.5. The molecule has 2 unspecified atom stereocenters. The lowest BCUT2D eigenvalue weighted by molar-refractivity contribution is -0.136. The molecule has 5 nitrogen and oxygen atoms in total. The summed E-state index contributed by atoms with van der Waals surface area (Å²) in [5, 5.41) is 0. The van der Waals surface area contributed by atoms with Crippen LogP contribution in [0.4, 0.5) is 10.1 Å². The minimum atomic E-state index is -0.215. The zero-order chi connectivity index (χ0) is 21.9. The van der Waals surface area contributed by atoms with Crippen LogP contribution in [0.5, 0.6) is 0 Å². The molecule has 2 saturated heterocycles. The molecule has 0 spiro atoms. The van der Waals surface area contributed by atoms with Crippen molar-refractivity contribution in [2.45, 2.75) is 44.6 Å². The van der Waals surface area contributed by atoms with E-state index in [2.05, 4.69) is 28.0 Å². The van der Waals surface area contributed by atoms with Crippen molar-refractivity contribution in [1.82, 2.24) is 4.90 Å². The van der Waals surface area contributed by atoms with Crippen molar-refractivity contribution in [2.75, 3.05) is 24.5 Å². The van der Waals surface area contributed by atoms with Gasteiger partial charge in [0.05, 0.1) is 12.0 Å². The number of likely N-dealkylation sites (tertiary alicyclic amines) is 1. The first-order valence-electron chi connectivity index (χ1n) is 10.5. The van der Waals surface area contributed by atoms with E-state index < -0.39 is 0 Å². The van der Waals surface area contributed by atoms with Crippen LogP contribution in [0.1, 0.15) is 38.5 Å². The fourth-order valence-electron chi connectivity index (χ4n) is 4.61. The van der Waals surface area contributed by atoms with Crippen LogP contribution < -0.4 is 4.90 Å². The number of hydrogen-bond acceptors (Lipinski definition) is 4. The van der Waals surface area contributed by atoms with Crippen LogP contribution in [0.2, 0.25) is 0 Å². The molecule has 2 fully saturated rings. The Kier molecular flexibility index (Phi) is 9.45. The fourth-order valence-corrected chi connectivity index (χ4v) is 4.61. The quantitative estimate of drug-likeness (QED) is 0.752. The number of anilines is 1.